The number of hydrazone groups is 2. The summed E-state index contributed by atoms with van der Waals surface area (Å²) in [5.41, 5.74) is 5.34. The SMILES string of the molecule is O=C(N/N=C/c1ccc(Cl)cc1)C(O)C(O)C(=O)N/N=C/c1ccc(Cl)cc1. The predicted molar refractivity (Wildman–Crippen MR) is 106 cm³/mol. The van der Waals surface area contributed by atoms with Crippen LogP contribution < -0.4 is 10.9 Å². The van der Waals surface area contributed by atoms with Gasteiger partial charge in [-0.1, -0.05) is 47.5 Å². The van der Waals surface area contributed by atoms with E-state index in [2.05, 4.69) is 10.2 Å². The second-order valence-corrected chi connectivity index (χ2v) is 6.33. The molecule has 28 heavy (non-hydrogen) atoms. The molecule has 2 aromatic rings. The lowest BCUT2D eigenvalue weighted by atomic mass is 10.2. The van der Waals surface area contributed by atoms with Crippen LogP contribution in [0.15, 0.2) is 58.7 Å². The Morgan fingerprint density at radius 1 is 0.750 bits per heavy atom. The van der Waals surface area contributed by atoms with Crippen molar-refractivity contribution in [2.24, 2.45) is 10.2 Å². The zero-order valence-electron chi connectivity index (χ0n) is 14.3. The molecule has 0 aliphatic rings. The number of benzene rings is 2. The molecular formula is C18H16Cl2N4O4. The number of aliphatic hydroxyl groups is 2. The van der Waals surface area contributed by atoms with Crippen molar-refractivity contribution in [3.63, 3.8) is 0 Å². The molecule has 0 radical (unpaired) electrons. The fraction of sp³-hybridized carbons (Fsp3) is 0.111. The third-order valence-corrected chi connectivity index (χ3v) is 3.86. The first-order valence-corrected chi connectivity index (χ1v) is 8.65. The van der Waals surface area contributed by atoms with Gasteiger partial charge in [-0.05, 0) is 35.4 Å². The summed E-state index contributed by atoms with van der Waals surface area (Å²) in [7, 11) is 0. The minimum Gasteiger partial charge on any atom is -0.380 e. The Hall–Kier alpha value is -2.78. The van der Waals surface area contributed by atoms with E-state index in [-0.39, 0.29) is 0 Å². The lowest BCUT2D eigenvalue weighted by Crippen LogP contribution is -2.47. The quantitative estimate of drug-likeness (QED) is 0.396. The molecule has 0 spiro atoms. The highest BCUT2D eigenvalue weighted by molar-refractivity contribution is 6.30. The molecule has 8 nitrogen and oxygen atoms in total. The lowest BCUT2D eigenvalue weighted by Gasteiger charge is -2.14. The van der Waals surface area contributed by atoms with Gasteiger partial charge in [0.2, 0.25) is 0 Å². The molecule has 0 aromatic heterocycles. The number of nitrogens with zero attached hydrogens (tertiary/aromatic N) is 2. The summed E-state index contributed by atoms with van der Waals surface area (Å²) in [5.74, 6) is -2.12. The normalized spacial score (nSPS) is 13.4. The van der Waals surface area contributed by atoms with Crippen molar-refractivity contribution in [3.8, 4) is 0 Å². The summed E-state index contributed by atoms with van der Waals surface area (Å²) >= 11 is 11.5. The third kappa shape index (κ3) is 6.75. The van der Waals surface area contributed by atoms with E-state index < -0.39 is 24.0 Å². The number of rotatable bonds is 7. The van der Waals surface area contributed by atoms with E-state index >= 15 is 0 Å². The smallest absolute Gasteiger partial charge is 0.272 e. The zero-order chi connectivity index (χ0) is 20.5. The van der Waals surface area contributed by atoms with E-state index in [0.29, 0.717) is 21.2 Å². The summed E-state index contributed by atoms with van der Waals surface area (Å²) in [4.78, 5) is 23.5. The maximum absolute atomic E-state index is 11.8. The summed E-state index contributed by atoms with van der Waals surface area (Å²) in [5, 5.41) is 27.9. The average molecular weight is 423 g/mol. The van der Waals surface area contributed by atoms with E-state index in [1.807, 2.05) is 10.9 Å². The monoisotopic (exact) mass is 422 g/mol. The van der Waals surface area contributed by atoms with Crippen LogP contribution >= 0.6 is 23.2 Å². The molecule has 146 valence electrons. The summed E-state index contributed by atoms with van der Waals surface area (Å²) < 4.78 is 0. The first kappa shape index (κ1) is 21.5. The van der Waals surface area contributed by atoms with Crippen LogP contribution in [0, 0.1) is 0 Å². The number of aliphatic hydroxyl groups excluding tert-OH is 2. The molecule has 0 fully saturated rings. The number of amides is 2. The molecule has 0 bridgehead atoms. The van der Waals surface area contributed by atoms with Crippen LogP contribution in [0.4, 0.5) is 0 Å². The fourth-order valence-electron chi connectivity index (χ4n) is 1.86. The Morgan fingerprint density at radius 2 is 1.07 bits per heavy atom. The highest BCUT2D eigenvalue weighted by atomic mass is 35.5. The van der Waals surface area contributed by atoms with Crippen molar-refractivity contribution in [2.75, 3.05) is 0 Å². The molecule has 2 aromatic carbocycles. The van der Waals surface area contributed by atoms with Gasteiger partial charge >= 0.3 is 0 Å². The van der Waals surface area contributed by atoms with Gasteiger partial charge in [-0.25, -0.2) is 10.9 Å². The van der Waals surface area contributed by atoms with E-state index in [0.717, 1.165) is 0 Å². The van der Waals surface area contributed by atoms with Gasteiger partial charge in [0.1, 0.15) is 0 Å². The van der Waals surface area contributed by atoms with E-state index in [4.69, 9.17) is 23.2 Å². The molecule has 0 saturated heterocycles. The van der Waals surface area contributed by atoms with Gasteiger partial charge in [0.15, 0.2) is 12.2 Å². The molecule has 2 atom stereocenters. The van der Waals surface area contributed by atoms with Crippen molar-refractivity contribution in [1.29, 1.82) is 0 Å². The number of hydrogen-bond acceptors (Lipinski definition) is 6. The van der Waals surface area contributed by atoms with Crippen molar-refractivity contribution in [3.05, 3.63) is 69.7 Å². The van der Waals surface area contributed by atoms with Gasteiger partial charge < -0.3 is 10.2 Å². The minimum absolute atomic E-state index is 0.546. The number of hydrogen-bond donors (Lipinski definition) is 4. The number of carbonyl (C=O) groups excluding carboxylic acids is 2. The van der Waals surface area contributed by atoms with Crippen LogP contribution in [-0.4, -0.2) is 46.7 Å². The Labute approximate surface area is 170 Å². The Bertz CT molecular complexity index is 797. The van der Waals surface area contributed by atoms with Crippen molar-refractivity contribution >= 4 is 47.4 Å². The van der Waals surface area contributed by atoms with E-state index in [9.17, 15) is 19.8 Å². The molecule has 0 aliphatic heterocycles. The topological polar surface area (TPSA) is 123 Å². The molecule has 4 N–H and O–H groups in total. The van der Waals surface area contributed by atoms with Gasteiger partial charge in [0, 0.05) is 10.0 Å². The standard InChI is InChI=1S/C18H16Cl2N4O4/c19-13-5-1-11(2-6-13)9-21-23-17(27)15(25)16(26)18(28)24-22-10-12-3-7-14(20)8-4-12/h1-10,15-16,25-26H,(H,23,27)(H,24,28)/b21-9+,22-10+. The first-order valence-electron chi connectivity index (χ1n) is 7.90. The largest absolute Gasteiger partial charge is 0.380 e. The summed E-state index contributed by atoms with van der Waals surface area (Å²) in [6.45, 7) is 0. The molecule has 10 heteroatoms. The predicted octanol–water partition coefficient (Wildman–Crippen LogP) is 1.32. The third-order valence-electron chi connectivity index (χ3n) is 3.35. The molecule has 0 saturated carbocycles. The highest BCUT2D eigenvalue weighted by Crippen LogP contribution is 2.08. The first-order chi connectivity index (χ1) is 13.4. The van der Waals surface area contributed by atoms with E-state index in [1.54, 1.807) is 48.5 Å². The fourth-order valence-corrected chi connectivity index (χ4v) is 2.11. The van der Waals surface area contributed by atoms with Gasteiger partial charge in [-0.3, -0.25) is 9.59 Å². The molecule has 2 unspecified atom stereocenters. The van der Waals surface area contributed by atoms with Crippen molar-refractivity contribution in [2.45, 2.75) is 12.2 Å². The van der Waals surface area contributed by atoms with Crippen LogP contribution in [0.3, 0.4) is 0 Å². The van der Waals surface area contributed by atoms with Crippen LogP contribution in [0.1, 0.15) is 11.1 Å². The van der Waals surface area contributed by atoms with Gasteiger partial charge in [0.05, 0.1) is 12.4 Å². The number of carbonyl (C=O) groups is 2. The molecular weight excluding hydrogens is 407 g/mol. The van der Waals surface area contributed by atoms with Crippen LogP contribution in [0.25, 0.3) is 0 Å². The van der Waals surface area contributed by atoms with Crippen LogP contribution in [0.5, 0.6) is 0 Å². The highest BCUT2D eigenvalue weighted by Gasteiger charge is 2.30. The van der Waals surface area contributed by atoms with Gasteiger partial charge in [-0.2, -0.15) is 10.2 Å². The second kappa shape index (κ2) is 10.5. The Morgan fingerprint density at radius 3 is 1.39 bits per heavy atom. The Balaban J connectivity index is 1.83. The van der Waals surface area contributed by atoms with E-state index in [1.165, 1.54) is 12.4 Å². The van der Waals surface area contributed by atoms with Crippen molar-refractivity contribution in [1.82, 2.24) is 10.9 Å². The minimum atomic E-state index is -2.03. The lowest BCUT2D eigenvalue weighted by molar-refractivity contribution is -0.146. The number of halogens is 2. The summed E-state index contributed by atoms with van der Waals surface area (Å²) in [6.07, 6.45) is -1.45. The van der Waals surface area contributed by atoms with Crippen molar-refractivity contribution < 1.29 is 19.8 Å². The average Bonchev–Trinajstić information content (AvgIpc) is 2.69. The molecule has 0 heterocycles. The van der Waals surface area contributed by atoms with Gasteiger partial charge in [-0.15, -0.1) is 0 Å². The maximum Gasteiger partial charge on any atom is 0.272 e. The van der Waals surface area contributed by atoms with Crippen LogP contribution in [0.2, 0.25) is 10.0 Å². The molecule has 0 aliphatic carbocycles. The second-order valence-electron chi connectivity index (χ2n) is 5.46. The number of nitrogens with one attached hydrogen (secondary N) is 2. The molecule has 2 rings (SSSR count). The summed E-state index contributed by atoms with van der Waals surface area (Å²) in [6, 6.07) is 13.2. The molecule has 2 amide bonds. The van der Waals surface area contributed by atoms with Crippen LogP contribution in [-0.2, 0) is 9.59 Å². The zero-order valence-corrected chi connectivity index (χ0v) is 15.8. The Kier molecular flexibility index (Phi) is 8.09. The maximum atomic E-state index is 11.8. The van der Waals surface area contributed by atoms with Gasteiger partial charge in [0.25, 0.3) is 11.8 Å².